The first-order valence-corrected chi connectivity index (χ1v) is 7.89. The molecule has 5 heteroatoms. The third-order valence-electron chi connectivity index (χ3n) is 2.79. The van der Waals surface area contributed by atoms with Crippen molar-refractivity contribution in [1.82, 2.24) is 4.98 Å². The lowest BCUT2D eigenvalue weighted by Gasteiger charge is -2.03. The van der Waals surface area contributed by atoms with Crippen LogP contribution in [0.25, 0.3) is 10.8 Å². The number of ketones is 1. The lowest BCUT2D eigenvalue weighted by molar-refractivity contribution is 0.104. The van der Waals surface area contributed by atoms with Gasteiger partial charge in [-0.15, -0.1) is 11.3 Å². The van der Waals surface area contributed by atoms with Crippen LogP contribution in [0.1, 0.15) is 15.2 Å². The SMILES string of the molecule is O=C(c1cc(Br)c(Br)s1)c1cccc2cnccc12. The zero-order chi connectivity index (χ0) is 13.4. The molecule has 0 aliphatic heterocycles. The molecule has 1 aromatic carbocycles. The third kappa shape index (κ3) is 2.38. The van der Waals surface area contributed by atoms with E-state index in [0.29, 0.717) is 10.4 Å². The standard InChI is InChI=1S/C14H7Br2NOS/c15-11-6-12(19-14(11)16)13(18)10-3-1-2-8-7-17-5-4-9(8)10/h1-7H. The maximum atomic E-state index is 12.6. The molecule has 0 N–H and O–H groups in total. The number of rotatable bonds is 2. The zero-order valence-electron chi connectivity index (χ0n) is 9.56. The van der Waals surface area contributed by atoms with Crippen molar-refractivity contribution in [2.24, 2.45) is 0 Å². The second-order valence-electron chi connectivity index (χ2n) is 3.96. The van der Waals surface area contributed by atoms with Crippen LogP contribution < -0.4 is 0 Å². The highest BCUT2D eigenvalue weighted by Gasteiger charge is 2.16. The third-order valence-corrected chi connectivity index (χ3v) is 6.05. The van der Waals surface area contributed by atoms with Crippen LogP contribution in [0.15, 0.2) is 51.0 Å². The van der Waals surface area contributed by atoms with Gasteiger partial charge in [0.15, 0.2) is 0 Å². The minimum atomic E-state index is 0.0354. The van der Waals surface area contributed by atoms with Gasteiger partial charge >= 0.3 is 0 Å². The Kier molecular flexibility index (Phi) is 3.52. The summed E-state index contributed by atoms with van der Waals surface area (Å²) in [6.45, 7) is 0. The Hall–Kier alpha value is -1.04. The Morgan fingerprint density at radius 3 is 2.79 bits per heavy atom. The number of carbonyl (C=O) groups excluding carboxylic acids is 1. The van der Waals surface area contributed by atoms with Crippen LogP contribution in [0, 0.1) is 0 Å². The van der Waals surface area contributed by atoms with Gasteiger partial charge in [-0.25, -0.2) is 0 Å². The molecule has 0 saturated carbocycles. The smallest absolute Gasteiger partial charge is 0.203 e. The summed E-state index contributed by atoms with van der Waals surface area (Å²) in [7, 11) is 0. The zero-order valence-corrected chi connectivity index (χ0v) is 13.5. The number of halogens is 2. The number of benzene rings is 1. The summed E-state index contributed by atoms with van der Waals surface area (Å²) in [5.74, 6) is 0.0354. The van der Waals surface area contributed by atoms with Crippen molar-refractivity contribution >= 4 is 59.8 Å². The average Bonchev–Trinajstić information content (AvgIpc) is 2.77. The molecule has 0 atom stereocenters. The average molecular weight is 397 g/mol. The van der Waals surface area contributed by atoms with Gasteiger partial charge in [0.1, 0.15) is 0 Å². The summed E-state index contributed by atoms with van der Waals surface area (Å²) in [5, 5.41) is 1.91. The number of pyridine rings is 1. The lowest BCUT2D eigenvalue weighted by Crippen LogP contribution is -1.99. The molecule has 3 rings (SSSR count). The Balaban J connectivity index is 2.16. The van der Waals surface area contributed by atoms with E-state index in [9.17, 15) is 4.79 Å². The fourth-order valence-corrected chi connectivity index (χ4v) is 3.90. The van der Waals surface area contributed by atoms with Gasteiger partial charge < -0.3 is 0 Å². The van der Waals surface area contributed by atoms with Crippen molar-refractivity contribution in [2.45, 2.75) is 0 Å². The van der Waals surface area contributed by atoms with Crippen LogP contribution in [0.4, 0.5) is 0 Å². The van der Waals surface area contributed by atoms with Gasteiger partial charge in [0.2, 0.25) is 5.78 Å². The van der Waals surface area contributed by atoms with E-state index in [4.69, 9.17) is 0 Å². The van der Waals surface area contributed by atoms with Gasteiger partial charge in [0.25, 0.3) is 0 Å². The van der Waals surface area contributed by atoms with E-state index in [0.717, 1.165) is 19.0 Å². The van der Waals surface area contributed by atoms with Crippen LogP contribution in [0.3, 0.4) is 0 Å². The number of nitrogens with zero attached hydrogens (tertiary/aromatic N) is 1. The number of fused-ring (bicyclic) bond motifs is 1. The first kappa shape index (κ1) is 13.0. The van der Waals surface area contributed by atoms with Crippen LogP contribution in [-0.4, -0.2) is 10.8 Å². The summed E-state index contributed by atoms with van der Waals surface area (Å²) in [6, 6.07) is 9.41. The number of hydrogen-bond acceptors (Lipinski definition) is 3. The van der Waals surface area contributed by atoms with E-state index in [-0.39, 0.29) is 5.78 Å². The van der Waals surface area contributed by atoms with Crippen molar-refractivity contribution < 1.29 is 4.79 Å². The normalized spacial score (nSPS) is 10.8. The summed E-state index contributed by atoms with van der Waals surface area (Å²) < 4.78 is 1.83. The van der Waals surface area contributed by atoms with Crippen LogP contribution in [0.2, 0.25) is 0 Å². The monoisotopic (exact) mass is 395 g/mol. The predicted molar refractivity (Wildman–Crippen MR) is 84.9 cm³/mol. The Morgan fingerprint density at radius 1 is 1.21 bits per heavy atom. The molecule has 19 heavy (non-hydrogen) atoms. The van der Waals surface area contributed by atoms with E-state index in [1.54, 1.807) is 12.4 Å². The van der Waals surface area contributed by atoms with Crippen molar-refractivity contribution in [3.05, 3.63) is 61.4 Å². The molecule has 2 aromatic heterocycles. The van der Waals surface area contributed by atoms with Gasteiger partial charge in [-0.2, -0.15) is 0 Å². The molecule has 2 heterocycles. The number of aromatic nitrogens is 1. The number of hydrogen-bond donors (Lipinski definition) is 0. The lowest BCUT2D eigenvalue weighted by atomic mass is 10.0. The Labute approximate surface area is 130 Å². The van der Waals surface area contributed by atoms with Gasteiger partial charge in [-0.05, 0) is 49.4 Å². The van der Waals surface area contributed by atoms with Crippen molar-refractivity contribution in [2.75, 3.05) is 0 Å². The topological polar surface area (TPSA) is 30.0 Å². The Bertz CT molecular complexity index is 757. The number of thiophene rings is 1. The molecule has 3 aromatic rings. The second-order valence-corrected chi connectivity index (χ2v) is 7.19. The summed E-state index contributed by atoms with van der Waals surface area (Å²) in [4.78, 5) is 17.4. The maximum absolute atomic E-state index is 12.6. The molecule has 0 fully saturated rings. The summed E-state index contributed by atoms with van der Waals surface area (Å²) >= 11 is 8.25. The van der Waals surface area contributed by atoms with Crippen molar-refractivity contribution in [3.63, 3.8) is 0 Å². The second kappa shape index (κ2) is 5.15. The molecule has 0 amide bonds. The first-order valence-electron chi connectivity index (χ1n) is 5.49. The predicted octanol–water partition coefficient (Wildman–Crippen LogP) is 5.05. The fourth-order valence-electron chi connectivity index (χ4n) is 1.91. The van der Waals surface area contributed by atoms with Gasteiger partial charge in [-0.3, -0.25) is 9.78 Å². The quantitative estimate of drug-likeness (QED) is 0.567. The van der Waals surface area contributed by atoms with Crippen molar-refractivity contribution in [1.29, 1.82) is 0 Å². The van der Waals surface area contributed by atoms with E-state index in [2.05, 4.69) is 36.8 Å². The highest BCUT2D eigenvalue weighted by atomic mass is 79.9. The van der Waals surface area contributed by atoms with Gasteiger partial charge in [0.05, 0.1) is 8.66 Å². The van der Waals surface area contributed by atoms with E-state index in [1.807, 2.05) is 30.3 Å². The molecule has 2 nitrogen and oxygen atoms in total. The molecule has 0 aliphatic rings. The molecule has 94 valence electrons. The van der Waals surface area contributed by atoms with E-state index >= 15 is 0 Å². The highest BCUT2D eigenvalue weighted by molar-refractivity contribution is 9.13. The van der Waals surface area contributed by atoms with Gasteiger partial charge in [0, 0.05) is 27.8 Å². The molecule has 0 aliphatic carbocycles. The first-order chi connectivity index (χ1) is 9.16. The minimum absolute atomic E-state index is 0.0354. The van der Waals surface area contributed by atoms with Crippen LogP contribution >= 0.6 is 43.2 Å². The Morgan fingerprint density at radius 2 is 2.05 bits per heavy atom. The van der Waals surface area contributed by atoms with Gasteiger partial charge in [-0.1, -0.05) is 18.2 Å². The molecular formula is C14H7Br2NOS. The molecular weight excluding hydrogens is 390 g/mol. The molecule has 0 radical (unpaired) electrons. The largest absolute Gasteiger partial charge is 0.288 e. The van der Waals surface area contributed by atoms with Crippen LogP contribution in [0.5, 0.6) is 0 Å². The molecule has 0 saturated heterocycles. The fraction of sp³-hybridized carbons (Fsp3) is 0. The summed E-state index contributed by atoms with van der Waals surface area (Å²) in [5.41, 5.74) is 0.709. The molecule has 0 spiro atoms. The summed E-state index contributed by atoms with van der Waals surface area (Å²) in [6.07, 6.45) is 3.48. The maximum Gasteiger partial charge on any atom is 0.203 e. The van der Waals surface area contributed by atoms with Crippen molar-refractivity contribution in [3.8, 4) is 0 Å². The van der Waals surface area contributed by atoms with E-state index < -0.39 is 0 Å². The molecule has 0 unspecified atom stereocenters. The van der Waals surface area contributed by atoms with E-state index in [1.165, 1.54) is 11.3 Å². The minimum Gasteiger partial charge on any atom is -0.288 e. The highest BCUT2D eigenvalue weighted by Crippen LogP contribution is 2.34. The number of carbonyl (C=O) groups is 1. The van der Waals surface area contributed by atoms with Crippen LogP contribution in [-0.2, 0) is 0 Å². The molecule has 0 bridgehead atoms.